The summed E-state index contributed by atoms with van der Waals surface area (Å²) in [6.07, 6.45) is 0. The summed E-state index contributed by atoms with van der Waals surface area (Å²) in [4.78, 5) is 27.4. The molecule has 1 amide bonds. The second-order valence-electron chi connectivity index (χ2n) is 5.00. The van der Waals surface area contributed by atoms with Crippen LogP contribution < -0.4 is 14.8 Å². The number of ether oxygens (including phenoxy) is 2. The maximum atomic E-state index is 12.0. The van der Waals surface area contributed by atoms with Crippen LogP contribution >= 0.6 is 11.3 Å². The van der Waals surface area contributed by atoms with Gasteiger partial charge >= 0.3 is 5.97 Å². The van der Waals surface area contributed by atoms with Crippen molar-refractivity contribution in [1.82, 2.24) is 10.3 Å². The number of benzene rings is 1. The number of carbonyl (C=O) groups is 2. The lowest BCUT2D eigenvalue weighted by molar-refractivity contribution is -0.123. The molecule has 1 atom stereocenters. The Morgan fingerprint density at radius 1 is 1.33 bits per heavy atom. The molecule has 1 aromatic carbocycles. The van der Waals surface area contributed by atoms with Crippen molar-refractivity contribution in [2.24, 2.45) is 0 Å². The number of nitrogens with zero attached hydrogens (tertiary/aromatic N) is 1. The largest absolute Gasteiger partial charge is 0.493 e. The molecule has 2 rings (SSSR count). The molecule has 128 valence electrons. The van der Waals surface area contributed by atoms with E-state index in [9.17, 15) is 9.59 Å². The van der Waals surface area contributed by atoms with E-state index in [1.165, 1.54) is 7.11 Å². The van der Waals surface area contributed by atoms with E-state index in [0.717, 1.165) is 11.3 Å². The third-order valence-corrected chi connectivity index (χ3v) is 4.51. The normalized spacial score (nSPS) is 11.6. The summed E-state index contributed by atoms with van der Waals surface area (Å²) in [6, 6.07) is 6.62. The van der Waals surface area contributed by atoms with Crippen LogP contribution in [0.3, 0.4) is 0 Å². The van der Waals surface area contributed by atoms with E-state index in [-0.39, 0.29) is 17.4 Å². The van der Waals surface area contributed by atoms with E-state index in [2.05, 4.69) is 10.3 Å². The Balaban J connectivity index is 1.94. The molecule has 0 bridgehead atoms. The van der Waals surface area contributed by atoms with Gasteiger partial charge in [0, 0.05) is 0 Å². The summed E-state index contributed by atoms with van der Waals surface area (Å²) >= 11 is 1.05. The summed E-state index contributed by atoms with van der Waals surface area (Å²) in [5, 5.41) is 12.3. The molecule has 8 heteroatoms. The summed E-state index contributed by atoms with van der Waals surface area (Å²) in [6.45, 7) is 3.19. The minimum absolute atomic E-state index is 0.177. The van der Waals surface area contributed by atoms with Crippen LogP contribution in [0.1, 0.15) is 33.3 Å². The molecule has 7 nitrogen and oxygen atoms in total. The van der Waals surface area contributed by atoms with Gasteiger partial charge in [0.1, 0.15) is 9.88 Å². The van der Waals surface area contributed by atoms with Gasteiger partial charge in [0.25, 0.3) is 5.91 Å². The molecule has 0 aliphatic heterocycles. The Morgan fingerprint density at radius 2 is 2.00 bits per heavy atom. The first kappa shape index (κ1) is 17.7. The molecule has 0 fully saturated rings. The first-order valence-corrected chi connectivity index (χ1v) is 7.99. The third-order valence-electron chi connectivity index (χ3n) is 3.18. The number of rotatable bonds is 7. The van der Waals surface area contributed by atoms with E-state index in [1.807, 2.05) is 0 Å². The maximum absolute atomic E-state index is 12.0. The topological polar surface area (TPSA) is 97.8 Å². The van der Waals surface area contributed by atoms with E-state index in [4.69, 9.17) is 14.6 Å². The smallest absolute Gasteiger partial charge is 0.347 e. The van der Waals surface area contributed by atoms with Crippen molar-refractivity contribution < 1.29 is 24.2 Å². The van der Waals surface area contributed by atoms with Crippen LogP contribution in [0, 0.1) is 6.92 Å². The van der Waals surface area contributed by atoms with E-state index in [0.29, 0.717) is 22.2 Å². The van der Waals surface area contributed by atoms with Crippen molar-refractivity contribution >= 4 is 23.2 Å². The number of thiazole rings is 1. The maximum Gasteiger partial charge on any atom is 0.347 e. The number of nitrogens with one attached hydrogen (secondary N) is 1. The van der Waals surface area contributed by atoms with Crippen molar-refractivity contribution in [2.45, 2.75) is 19.9 Å². The predicted octanol–water partition coefficient (Wildman–Crippen LogP) is 2.41. The number of methoxy groups -OCH3 is 1. The van der Waals surface area contributed by atoms with Gasteiger partial charge in [-0.1, -0.05) is 12.1 Å². The lowest BCUT2D eigenvalue weighted by Gasteiger charge is -2.13. The van der Waals surface area contributed by atoms with Gasteiger partial charge in [0.05, 0.1) is 18.8 Å². The zero-order valence-corrected chi connectivity index (χ0v) is 14.3. The van der Waals surface area contributed by atoms with E-state index in [1.54, 1.807) is 38.1 Å². The van der Waals surface area contributed by atoms with Crippen LogP contribution in [-0.4, -0.2) is 35.7 Å². The van der Waals surface area contributed by atoms with Crippen molar-refractivity contribution in [3.8, 4) is 11.5 Å². The van der Waals surface area contributed by atoms with E-state index < -0.39 is 12.0 Å². The first-order chi connectivity index (χ1) is 11.4. The predicted molar refractivity (Wildman–Crippen MR) is 88.9 cm³/mol. The van der Waals surface area contributed by atoms with Crippen molar-refractivity contribution in [1.29, 1.82) is 0 Å². The third kappa shape index (κ3) is 4.23. The van der Waals surface area contributed by atoms with Gasteiger partial charge in [-0.2, -0.15) is 0 Å². The summed E-state index contributed by atoms with van der Waals surface area (Å²) < 4.78 is 10.6. The van der Waals surface area contributed by atoms with Crippen LogP contribution in [-0.2, 0) is 4.79 Å². The number of para-hydroxylation sites is 2. The Bertz CT molecular complexity index is 744. The molecule has 0 aliphatic rings. The van der Waals surface area contributed by atoms with Crippen LogP contribution in [0.25, 0.3) is 0 Å². The van der Waals surface area contributed by atoms with Gasteiger partial charge in [0.15, 0.2) is 18.1 Å². The average molecular weight is 350 g/mol. The highest BCUT2D eigenvalue weighted by molar-refractivity contribution is 7.13. The van der Waals surface area contributed by atoms with Gasteiger partial charge in [0.2, 0.25) is 0 Å². The Labute approximate surface area is 143 Å². The Hall–Kier alpha value is -2.61. The van der Waals surface area contributed by atoms with Gasteiger partial charge in [-0.3, -0.25) is 4.79 Å². The zero-order chi connectivity index (χ0) is 17.7. The van der Waals surface area contributed by atoms with Gasteiger partial charge in [-0.05, 0) is 26.0 Å². The SMILES string of the molecule is COc1ccccc1OCC(=O)NC(C)c1nc(C)c(C(=O)O)s1. The second-order valence-corrected chi connectivity index (χ2v) is 6.03. The number of amides is 1. The molecule has 1 unspecified atom stereocenters. The summed E-state index contributed by atoms with van der Waals surface area (Å²) in [5.41, 5.74) is 0.439. The van der Waals surface area contributed by atoms with Crippen molar-refractivity contribution in [3.63, 3.8) is 0 Å². The highest BCUT2D eigenvalue weighted by Gasteiger charge is 2.19. The Morgan fingerprint density at radius 3 is 2.58 bits per heavy atom. The average Bonchev–Trinajstić information content (AvgIpc) is 2.95. The van der Waals surface area contributed by atoms with Gasteiger partial charge in [-0.15, -0.1) is 11.3 Å². The quantitative estimate of drug-likeness (QED) is 0.796. The molecule has 2 aromatic rings. The van der Waals surface area contributed by atoms with Gasteiger partial charge < -0.3 is 19.9 Å². The lowest BCUT2D eigenvalue weighted by atomic mass is 10.3. The minimum atomic E-state index is -1.02. The number of hydrogen-bond donors (Lipinski definition) is 2. The fourth-order valence-corrected chi connectivity index (χ4v) is 2.94. The molecular formula is C16H18N2O5S. The molecule has 24 heavy (non-hydrogen) atoms. The minimum Gasteiger partial charge on any atom is -0.493 e. The highest BCUT2D eigenvalue weighted by Crippen LogP contribution is 2.26. The highest BCUT2D eigenvalue weighted by atomic mass is 32.1. The van der Waals surface area contributed by atoms with Crippen molar-refractivity contribution in [2.75, 3.05) is 13.7 Å². The lowest BCUT2D eigenvalue weighted by Crippen LogP contribution is -2.31. The van der Waals surface area contributed by atoms with Crippen LogP contribution in [0.4, 0.5) is 0 Å². The molecule has 1 aromatic heterocycles. The molecule has 0 aliphatic carbocycles. The fourth-order valence-electron chi connectivity index (χ4n) is 2.03. The number of aryl methyl sites for hydroxylation is 1. The fraction of sp³-hybridized carbons (Fsp3) is 0.312. The summed E-state index contributed by atoms with van der Waals surface area (Å²) in [7, 11) is 1.52. The second kappa shape index (κ2) is 7.78. The zero-order valence-electron chi connectivity index (χ0n) is 13.5. The molecule has 2 N–H and O–H groups in total. The van der Waals surface area contributed by atoms with Crippen molar-refractivity contribution in [3.05, 3.63) is 39.8 Å². The monoisotopic (exact) mass is 350 g/mol. The number of hydrogen-bond acceptors (Lipinski definition) is 6. The Kier molecular flexibility index (Phi) is 5.75. The number of carboxylic acid groups (broad SMARTS) is 1. The molecule has 0 saturated heterocycles. The van der Waals surface area contributed by atoms with E-state index >= 15 is 0 Å². The number of aromatic carboxylic acids is 1. The number of carboxylic acids is 1. The standard InChI is InChI=1S/C16H18N2O5S/c1-9-14(16(20)21)24-15(18-9)10(2)17-13(19)8-23-12-7-5-4-6-11(12)22-3/h4-7,10H,8H2,1-3H3,(H,17,19)(H,20,21). The summed E-state index contributed by atoms with van der Waals surface area (Å²) in [5.74, 6) is -0.339. The molecular weight excluding hydrogens is 332 g/mol. The number of aromatic nitrogens is 1. The van der Waals surface area contributed by atoms with Crippen LogP contribution in [0.5, 0.6) is 11.5 Å². The first-order valence-electron chi connectivity index (χ1n) is 7.18. The molecule has 0 saturated carbocycles. The van der Waals surface area contributed by atoms with Gasteiger partial charge in [-0.25, -0.2) is 9.78 Å². The molecule has 0 radical (unpaired) electrons. The molecule has 1 heterocycles. The molecule has 0 spiro atoms. The number of carbonyl (C=O) groups excluding carboxylic acids is 1. The van der Waals surface area contributed by atoms with Crippen LogP contribution in [0.15, 0.2) is 24.3 Å². The van der Waals surface area contributed by atoms with Crippen LogP contribution in [0.2, 0.25) is 0 Å².